The van der Waals surface area contributed by atoms with Crippen molar-refractivity contribution < 1.29 is 14.3 Å². The first-order chi connectivity index (χ1) is 11.0. The van der Waals surface area contributed by atoms with Crippen LogP contribution in [0, 0.1) is 34.0 Å². The van der Waals surface area contributed by atoms with Crippen LogP contribution in [-0.2, 0) is 14.3 Å². The maximum absolute atomic E-state index is 13.3. The van der Waals surface area contributed by atoms with Gasteiger partial charge in [-0.25, -0.2) is 0 Å². The van der Waals surface area contributed by atoms with Crippen LogP contribution in [0.3, 0.4) is 0 Å². The summed E-state index contributed by atoms with van der Waals surface area (Å²) >= 11 is 0. The molecule has 0 aromatic carbocycles. The molecular weight excluding hydrogens is 288 g/mol. The van der Waals surface area contributed by atoms with E-state index in [1.807, 2.05) is 0 Å². The van der Waals surface area contributed by atoms with Gasteiger partial charge in [0, 0.05) is 5.41 Å². The molecular formula is C20H26O3. The smallest absolute Gasteiger partial charge is 0.167 e. The number of carbonyl (C=O) groups is 1. The third-order valence-electron chi connectivity index (χ3n) is 9.07. The topological polar surface area (TPSA) is 35.5 Å². The van der Waals surface area contributed by atoms with Crippen molar-refractivity contribution in [2.24, 2.45) is 34.0 Å². The number of ether oxygens (including phenoxy) is 2. The van der Waals surface area contributed by atoms with Gasteiger partial charge in [-0.05, 0) is 67.3 Å². The fourth-order valence-electron chi connectivity index (χ4n) is 8.18. The zero-order chi connectivity index (χ0) is 15.6. The van der Waals surface area contributed by atoms with Gasteiger partial charge >= 0.3 is 0 Å². The highest BCUT2D eigenvalue weighted by Crippen LogP contribution is 2.77. The van der Waals surface area contributed by atoms with Crippen LogP contribution in [-0.4, -0.2) is 24.8 Å². The normalized spacial score (nSPS) is 62.4. The van der Waals surface area contributed by atoms with E-state index in [-0.39, 0.29) is 23.2 Å². The molecule has 4 unspecified atom stereocenters. The second kappa shape index (κ2) is 3.77. The molecule has 0 N–H and O–H groups in total. The van der Waals surface area contributed by atoms with E-state index in [9.17, 15) is 4.79 Å². The molecule has 3 saturated heterocycles. The van der Waals surface area contributed by atoms with E-state index in [1.165, 1.54) is 19.3 Å². The quantitative estimate of drug-likeness (QED) is 0.642. The van der Waals surface area contributed by atoms with Gasteiger partial charge in [-0.1, -0.05) is 19.9 Å². The van der Waals surface area contributed by atoms with Crippen molar-refractivity contribution in [2.75, 3.05) is 6.61 Å². The lowest BCUT2D eigenvalue weighted by molar-refractivity contribution is -0.420. The van der Waals surface area contributed by atoms with E-state index in [2.05, 4.69) is 13.5 Å². The lowest BCUT2D eigenvalue weighted by Gasteiger charge is -2.76. The van der Waals surface area contributed by atoms with Crippen LogP contribution in [0.2, 0.25) is 0 Å². The molecule has 3 heterocycles. The van der Waals surface area contributed by atoms with E-state index >= 15 is 0 Å². The average Bonchev–Trinajstić information content (AvgIpc) is 2.55. The monoisotopic (exact) mass is 314 g/mol. The van der Waals surface area contributed by atoms with Crippen molar-refractivity contribution in [1.29, 1.82) is 0 Å². The molecule has 0 radical (unpaired) electrons. The summed E-state index contributed by atoms with van der Waals surface area (Å²) in [6.45, 7) is 7.46. The van der Waals surface area contributed by atoms with Crippen LogP contribution in [0.25, 0.3) is 0 Å². The molecule has 8 fully saturated rings. The molecule has 7 bridgehead atoms. The number of ketones is 1. The lowest BCUT2D eigenvalue weighted by atomic mass is 9.33. The number of carbonyl (C=O) groups excluding carboxylic acids is 1. The minimum Gasteiger partial charge on any atom is -0.351 e. The van der Waals surface area contributed by atoms with Crippen LogP contribution in [0.4, 0.5) is 0 Å². The third kappa shape index (κ3) is 1.20. The summed E-state index contributed by atoms with van der Waals surface area (Å²) in [6.07, 6.45) is 8.20. The average molecular weight is 314 g/mol. The second-order valence-electron chi connectivity index (χ2n) is 9.59. The predicted octanol–water partition coefficient (Wildman–Crippen LogP) is 3.48. The van der Waals surface area contributed by atoms with Crippen molar-refractivity contribution in [1.82, 2.24) is 0 Å². The molecule has 5 saturated carbocycles. The minimum atomic E-state index is -0.252. The first-order valence-electron chi connectivity index (χ1n) is 9.53. The van der Waals surface area contributed by atoms with Gasteiger partial charge in [-0.3, -0.25) is 4.79 Å². The SMILES string of the molecule is C=C1C(=O)C23CC[C@H]1CC2[C@@]12CCC[C@@]4(C)COC1O[C@@H]3CC42. The molecule has 8 atom stereocenters. The summed E-state index contributed by atoms with van der Waals surface area (Å²) in [5, 5.41) is 0. The first kappa shape index (κ1) is 13.6. The van der Waals surface area contributed by atoms with Crippen molar-refractivity contribution in [3.8, 4) is 0 Å². The van der Waals surface area contributed by atoms with Crippen LogP contribution < -0.4 is 0 Å². The highest BCUT2D eigenvalue weighted by atomic mass is 16.7. The third-order valence-corrected chi connectivity index (χ3v) is 9.07. The molecule has 0 aromatic rings. The Kier molecular flexibility index (Phi) is 2.23. The van der Waals surface area contributed by atoms with Gasteiger partial charge in [0.25, 0.3) is 0 Å². The Bertz CT molecular complexity index is 641. The van der Waals surface area contributed by atoms with Gasteiger partial charge in [-0.2, -0.15) is 0 Å². The van der Waals surface area contributed by atoms with Crippen LogP contribution >= 0.6 is 0 Å². The number of hydrogen-bond acceptors (Lipinski definition) is 3. The zero-order valence-corrected chi connectivity index (χ0v) is 14.0. The van der Waals surface area contributed by atoms with Crippen LogP contribution in [0.1, 0.15) is 51.9 Å². The van der Waals surface area contributed by atoms with Gasteiger partial charge in [-0.15, -0.1) is 0 Å². The largest absolute Gasteiger partial charge is 0.351 e. The van der Waals surface area contributed by atoms with Crippen molar-refractivity contribution in [3.05, 3.63) is 12.2 Å². The fourth-order valence-corrected chi connectivity index (χ4v) is 8.18. The molecule has 0 aromatic heterocycles. The summed E-state index contributed by atoms with van der Waals surface area (Å²) < 4.78 is 12.8. The van der Waals surface area contributed by atoms with Crippen molar-refractivity contribution in [3.63, 3.8) is 0 Å². The van der Waals surface area contributed by atoms with Crippen molar-refractivity contribution in [2.45, 2.75) is 64.3 Å². The van der Waals surface area contributed by atoms with E-state index < -0.39 is 0 Å². The Labute approximate surface area is 137 Å². The fraction of sp³-hybridized carbons (Fsp3) is 0.850. The predicted molar refractivity (Wildman–Crippen MR) is 84.5 cm³/mol. The van der Waals surface area contributed by atoms with E-state index in [0.29, 0.717) is 29.0 Å². The Morgan fingerprint density at radius 1 is 1.17 bits per heavy atom. The van der Waals surface area contributed by atoms with Gasteiger partial charge in [0.2, 0.25) is 0 Å². The van der Waals surface area contributed by atoms with Crippen LogP contribution in [0.5, 0.6) is 0 Å². The molecule has 8 rings (SSSR count). The molecule has 5 aliphatic carbocycles. The number of fused-ring (bicyclic) bond motifs is 2. The Hall–Kier alpha value is -0.670. The number of Topliss-reactive ketones (excluding diaryl/α,β-unsaturated/α-hetero) is 1. The Morgan fingerprint density at radius 3 is 2.91 bits per heavy atom. The number of hydrogen-bond donors (Lipinski definition) is 0. The Balaban J connectivity index is 1.58. The summed E-state index contributed by atoms with van der Waals surface area (Å²) in [6, 6.07) is 0. The maximum Gasteiger partial charge on any atom is 0.167 e. The van der Waals surface area contributed by atoms with Crippen molar-refractivity contribution >= 4 is 5.78 Å². The molecule has 2 spiro atoms. The molecule has 0 amide bonds. The van der Waals surface area contributed by atoms with Gasteiger partial charge in [0.1, 0.15) is 0 Å². The summed E-state index contributed by atoms with van der Waals surface area (Å²) in [5.74, 6) is 1.96. The molecule has 8 aliphatic rings. The molecule has 3 nitrogen and oxygen atoms in total. The molecule has 124 valence electrons. The highest BCUT2D eigenvalue weighted by Gasteiger charge is 2.78. The van der Waals surface area contributed by atoms with Gasteiger partial charge in [0.05, 0.1) is 18.1 Å². The second-order valence-corrected chi connectivity index (χ2v) is 9.59. The molecule has 3 heteroatoms. The summed E-state index contributed by atoms with van der Waals surface area (Å²) in [4.78, 5) is 13.3. The number of rotatable bonds is 0. The minimum absolute atomic E-state index is 0.0457. The first-order valence-corrected chi connectivity index (χ1v) is 9.53. The highest BCUT2D eigenvalue weighted by molar-refractivity contribution is 6.02. The summed E-state index contributed by atoms with van der Waals surface area (Å²) in [7, 11) is 0. The summed E-state index contributed by atoms with van der Waals surface area (Å²) in [5.41, 5.74) is 1.06. The van der Waals surface area contributed by atoms with E-state index in [0.717, 1.165) is 37.9 Å². The van der Waals surface area contributed by atoms with Gasteiger partial charge < -0.3 is 9.47 Å². The molecule has 23 heavy (non-hydrogen) atoms. The standard InChI is InChI=1S/C20H26O3/c1-11-12-4-7-20(16(11)21)14(8-12)19-6-3-5-18(2)10-22-17(19)23-15(20)9-13(18)19/h12-15,17H,1,3-10H2,2H3/t12-,13?,14?,15+,17?,18-,19-,20?/m0/s1. The number of allylic oxidation sites excluding steroid dienone is 1. The zero-order valence-electron chi connectivity index (χ0n) is 14.0. The van der Waals surface area contributed by atoms with Gasteiger partial charge in [0.15, 0.2) is 12.1 Å². The van der Waals surface area contributed by atoms with E-state index in [1.54, 1.807) is 0 Å². The lowest BCUT2D eigenvalue weighted by Crippen LogP contribution is -2.78. The van der Waals surface area contributed by atoms with Crippen LogP contribution in [0.15, 0.2) is 12.2 Å². The Morgan fingerprint density at radius 2 is 2.04 bits per heavy atom. The molecule has 3 aliphatic heterocycles. The maximum atomic E-state index is 13.3. The van der Waals surface area contributed by atoms with E-state index in [4.69, 9.17) is 9.47 Å².